The number of alkyl halides is 3. The van der Waals surface area contributed by atoms with Gasteiger partial charge in [-0.15, -0.1) is 0 Å². The minimum Gasteiger partial charge on any atom is -0.483 e. The maximum absolute atomic E-state index is 14.7. The highest BCUT2D eigenvalue weighted by molar-refractivity contribution is 7.91. The average Bonchev–Trinajstić information content (AvgIpc) is 3.79. The number of ether oxygens (including phenoxy) is 2. The molecule has 3 aliphatic heterocycles. The second kappa shape index (κ2) is 14.5. The lowest BCUT2D eigenvalue weighted by molar-refractivity contribution is -0.197. The molecule has 304 valence electrons. The number of carbonyl (C=O) groups is 4. The molecule has 1 spiro atoms. The number of nitrogens with zero attached hydrogens (tertiary/aromatic N) is 2. The Balaban J connectivity index is 1.24. The van der Waals surface area contributed by atoms with Crippen molar-refractivity contribution in [2.45, 2.75) is 138 Å². The molecule has 1 aromatic heterocycles. The van der Waals surface area contributed by atoms with Gasteiger partial charge in [0.05, 0.1) is 22.5 Å². The van der Waals surface area contributed by atoms with Crippen molar-refractivity contribution in [2.24, 2.45) is 5.92 Å². The zero-order valence-electron chi connectivity index (χ0n) is 31.7. The maximum atomic E-state index is 14.7. The molecule has 7 rings (SSSR count). The van der Waals surface area contributed by atoms with Crippen LogP contribution in [0.15, 0.2) is 36.4 Å². The molecular formula is C39H48F3N5O8S. The van der Waals surface area contributed by atoms with Gasteiger partial charge in [0.1, 0.15) is 29.0 Å². The highest BCUT2D eigenvalue weighted by Crippen LogP contribution is 2.47. The number of amides is 4. The summed E-state index contributed by atoms with van der Waals surface area (Å²) in [6.45, 7) is 3.94. The first kappa shape index (κ1) is 39.8. The van der Waals surface area contributed by atoms with E-state index in [2.05, 4.69) is 20.1 Å². The highest BCUT2D eigenvalue weighted by Gasteiger charge is 2.59. The number of para-hydroxylation sites is 1. The number of rotatable bonds is 5. The number of fused-ring (bicyclic) bond motifs is 5. The first-order chi connectivity index (χ1) is 26.4. The van der Waals surface area contributed by atoms with Crippen LogP contribution >= 0.6 is 0 Å². The molecule has 4 heterocycles. The third-order valence-electron chi connectivity index (χ3n) is 12.4. The Hall–Kier alpha value is -4.41. The van der Waals surface area contributed by atoms with Gasteiger partial charge in [0, 0.05) is 23.3 Å². The minimum absolute atomic E-state index is 0.0207. The van der Waals surface area contributed by atoms with E-state index in [1.54, 1.807) is 6.92 Å². The number of halogens is 3. The van der Waals surface area contributed by atoms with E-state index in [4.69, 9.17) is 9.72 Å². The van der Waals surface area contributed by atoms with Crippen molar-refractivity contribution in [1.82, 2.24) is 25.2 Å². The fourth-order valence-corrected chi connectivity index (χ4v) is 9.73. The van der Waals surface area contributed by atoms with Crippen molar-refractivity contribution < 1.29 is 50.2 Å². The predicted molar refractivity (Wildman–Crippen MR) is 198 cm³/mol. The lowest BCUT2D eigenvalue weighted by Crippen LogP contribution is -2.70. The number of alkyl carbamates (subject to hydrolysis) is 1. The van der Waals surface area contributed by atoms with Crippen molar-refractivity contribution in [1.29, 1.82) is 0 Å². The van der Waals surface area contributed by atoms with Crippen molar-refractivity contribution in [2.75, 3.05) is 6.54 Å². The standard InChI is InChI=1S/C39H48F3N5O8S/c1-23-31-27(26-12-9-10-13-28(26)43-23)16-17-37(55-31)21-30-32(48)45-38(34(50)46-56(52,53)36(3)19-20-36)18-15-25(38)11-7-5-4-6-8-14-29(33(49)47(30)22-37)44-35(51)54-24(2)39(40,41)42/h7,9-13,24-25,29-30H,4-6,8,14-22H2,1-3H3,(H,44,51)(H,45,48)(H,46,50). The van der Waals surface area contributed by atoms with Gasteiger partial charge in [-0.1, -0.05) is 43.2 Å². The fourth-order valence-electron chi connectivity index (χ4n) is 8.42. The van der Waals surface area contributed by atoms with Crippen molar-refractivity contribution >= 4 is 44.7 Å². The Morgan fingerprint density at radius 3 is 2.54 bits per heavy atom. The van der Waals surface area contributed by atoms with Crippen LogP contribution in [0.4, 0.5) is 18.0 Å². The van der Waals surface area contributed by atoms with Gasteiger partial charge in [-0.05, 0) is 84.6 Å². The Morgan fingerprint density at radius 2 is 1.84 bits per heavy atom. The minimum atomic E-state index is -4.83. The monoisotopic (exact) mass is 803 g/mol. The largest absolute Gasteiger partial charge is 0.483 e. The second-order valence-electron chi connectivity index (χ2n) is 16.3. The lowest BCUT2D eigenvalue weighted by atomic mass is 9.65. The normalized spacial score (nSPS) is 29.6. The summed E-state index contributed by atoms with van der Waals surface area (Å²) in [5.74, 6) is -2.29. The molecule has 4 amide bonds. The van der Waals surface area contributed by atoms with E-state index in [1.807, 2.05) is 43.3 Å². The number of carbonyl (C=O) groups excluding carboxylic acids is 4. The molecule has 0 radical (unpaired) electrons. The third-order valence-corrected chi connectivity index (χ3v) is 14.5. The number of pyridine rings is 1. The first-order valence-corrected chi connectivity index (χ1v) is 20.8. The molecule has 2 saturated carbocycles. The highest BCUT2D eigenvalue weighted by atomic mass is 32.2. The summed E-state index contributed by atoms with van der Waals surface area (Å²) in [7, 11) is -4.07. The molecule has 1 aromatic carbocycles. The van der Waals surface area contributed by atoms with E-state index < -0.39 is 80.0 Å². The number of hydrogen-bond donors (Lipinski definition) is 3. The molecule has 56 heavy (non-hydrogen) atoms. The van der Waals surface area contributed by atoms with E-state index in [1.165, 1.54) is 4.90 Å². The van der Waals surface area contributed by atoms with Gasteiger partial charge >= 0.3 is 12.3 Å². The maximum Gasteiger partial charge on any atom is 0.425 e. The molecule has 6 atom stereocenters. The fraction of sp³-hybridized carbons (Fsp3) is 0.615. The summed E-state index contributed by atoms with van der Waals surface area (Å²) in [5.41, 5.74) is -0.401. The number of aryl methyl sites for hydroxylation is 2. The Labute approximate surface area is 323 Å². The van der Waals surface area contributed by atoms with Crippen molar-refractivity contribution in [3.63, 3.8) is 0 Å². The molecular weight excluding hydrogens is 756 g/mol. The SMILES string of the molecule is Cc1nc2ccccc2c2c1OC1(CC2)CC2C(=O)NC3(C(=O)NS(=O)(=O)C4(C)CC4)CCC3C=CCCCCCC(NC(=O)OC(C)C(F)(F)F)C(=O)N2C1. The van der Waals surface area contributed by atoms with Gasteiger partial charge in [0.25, 0.3) is 5.91 Å². The summed E-state index contributed by atoms with van der Waals surface area (Å²) in [6.07, 6.45) is -0.347. The quantitative estimate of drug-likeness (QED) is 0.351. The van der Waals surface area contributed by atoms with Crippen LogP contribution in [0.5, 0.6) is 5.75 Å². The molecule has 2 aliphatic carbocycles. The van der Waals surface area contributed by atoms with Crippen LogP contribution in [-0.4, -0.2) is 88.9 Å². The van der Waals surface area contributed by atoms with E-state index >= 15 is 0 Å². The molecule has 1 saturated heterocycles. The van der Waals surface area contributed by atoms with Crippen LogP contribution in [0.2, 0.25) is 0 Å². The Morgan fingerprint density at radius 1 is 1.09 bits per heavy atom. The van der Waals surface area contributed by atoms with Crippen LogP contribution < -0.4 is 20.1 Å². The predicted octanol–water partition coefficient (Wildman–Crippen LogP) is 5.04. The topological polar surface area (TPSA) is 173 Å². The van der Waals surface area contributed by atoms with Gasteiger partial charge in [0.2, 0.25) is 21.8 Å². The van der Waals surface area contributed by atoms with Crippen LogP contribution in [0, 0.1) is 12.8 Å². The lowest BCUT2D eigenvalue weighted by Gasteiger charge is -2.48. The van der Waals surface area contributed by atoms with Crippen molar-refractivity contribution in [3.8, 4) is 5.75 Å². The average molecular weight is 804 g/mol. The third kappa shape index (κ3) is 7.42. The van der Waals surface area contributed by atoms with Crippen LogP contribution in [0.1, 0.15) is 95.7 Å². The second-order valence-corrected chi connectivity index (χ2v) is 18.5. The van der Waals surface area contributed by atoms with Crippen molar-refractivity contribution in [3.05, 3.63) is 47.7 Å². The summed E-state index contributed by atoms with van der Waals surface area (Å²) in [5, 5.41) is 6.15. The summed E-state index contributed by atoms with van der Waals surface area (Å²) in [4.78, 5) is 62.3. The van der Waals surface area contributed by atoms with Gasteiger partial charge in [-0.25, -0.2) is 18.2 Å². The molecule has 17 heteroatoms. The number of nitrogens with one attached hydrogen (secondary N) is 3. The molecule has 6 unspecified atom stereocenters. The molecule has 2 aromatic rings. The number of allylic oxidation sites excluding steroid dienone is 1. The molecule has 3 N–H and O–H groups in total. The van der Waals surface area contributed by atoms with Gasteiger partial charge in [0.15, 0.2) is 6.10 Å². The van der Waals surface area contributed by atoms with E-state index in [0.717, 1.165) is 16.5 Å². The van der Waals surface area contributed by atoms with Crippen LogP contribution in [0.25, 0.3) is 10.9 Å². The Kier molecular flexibility index (Phi) is 10.3. The number of benzene rings is 1. The zero-order chi connectivity index (χ0) is 40.3. The van der Waals surface area contributed by atoms with Gasteiger partial charge in [-0.3, -0.25) is 19.1 Å². The molecule has 3 fully saturated rings. The van der Waals surface area contributed by atoms with Gasteiger partial charge in [-0.2, -0.15) is 13.2 Å². The smallest absolute Gasteiger partial charge is 0.425 e. The number of aromatic nitrogens is 1. The van der Waals surface area contributed by atoms with E-state index in [-0.39, 0.29) is 25.8 Å². The Bertz CT molecular complexity index is 2070. The van der Waals surface area contributed by atoms with Crippen LogP contribution in [0.3, 0.4) is 0 Å². The van der Waals surface area contributed by atoms with E-state index in [0.29, 0.717) is 76.2 Å². The number of hydrogen-bond acceptors (Lipinski definition) is 9. The summed E-state index contributed by atoms with van der Waals surface area (Å²) >= 11 is 0. The summed E-state index contributed by atoms with van der Waals surface area (Å²) in [6, 6.07) is 5.03. The first-order valence-electron chi connectivity index (χ1n) is 19.3. The summed E-state index contributed by atoms with van der Waals surface area (Å²) < 4.78 is 79.0. The zero-order valence-corrected chi connectivity index (χ0v) is 32.5. The van der Waals surface area contributed by atoms with Gasteiger partial charge < -0.3 is 25.0 Å². The molecule has 13 nitrogen and oxygen atoms in total. The molecule has 0 bridgehead atoms. The number of sulfonamides is 1. The van der Waals surface area contributed by atoms with E-state index in [9.17, 15) is 40.8 Å². The molecule has 5 aliphatic rings. The van der Waals surface area contributed by atoms with Crippen LogP contribution in [-0.2, 0) is 35.6 Å².